The Morgan fingerprint density at radius 2 is 1.12 bits per heavy atom. The number of nitrogens with one attached hydrogen (secondary N) is 2. The normalized spacial score (nSPS) is 11.8. The summed E-state index contributed by atoms with van der Waals surface area (Å²) in [6.45, 7) is 17.2. The van der Waals surface area contributed by atoms with Gasteiger partial charge in [0, 0.05) is 31.5 Å². The first-order valence-electron chi connectivity index (χ1n) is 16.7. The smallest absolute Gasteiger partial charge is 0.407 e. The number of fused-ring (bicyclic) bond motifs is 2. The Bertz CT molecular complexity index is 1840. The van der Waals surface area contributed by atoms with Gasteiger partial charge in [-0.1, -0.05) is 47.8 Å². The van der Waals surface area contributed by atoms with Crippen LogP contribution in [0, 0.1) is 0 Å². The van der Waals surface area contributed by atoms with Crippen LogP contribution in [0.1, 0.15) is 62.3 Å². The number of nitrogens with zero attached hydrogens (tertiary/aromatic N) is 4. The van der Waals surface area contributed by atoms with Crippen LogP contribution in [0.3, 0.4) is 0 Å². The summed E-state index contributed by atoms with van der Waals surface area (Å²) in [6.07, 6.45) is -0.903. The number of carboxylic acids is 1. The number of benzene rings is 2. The zero-order valence-electron chi connectivity index (χ0n) is 31.3. The predicted molar refractivity (Wildman–Crippen MR) is 203 cm³/mol. The van der Waals surface area contributed by atoms with E-state index in [0.29, 0.717) is 36.3 Å². The molecule has 2 heterocycles. The SMILES string of the molecule is CC(=O)OC(C)(C)Cn1c(SCCNC(=O)OC(C)(C)C)nc2ccccc21.CC(C)(C)OC(=O)NCCSc1nc2ccccc2n1CC(=O)O. The number of alkyl carbamates (subject to hydrolysis) is 2. The fourth-order valence-electron chi connectivity index (χ4n) is 4.79. The topological polar surface area (TPSA) is 176 Å². The molecular weight excluding hydrogens is 709 g/mol. The average molecular weight is 759 g/mol. The van der Waals surface area contributed by atoms with Crippen LogP contribution in [-0.2, 0) is 36.9 Å². The van der Waals surface area contributed by atoms with Gasteiger partial charge >= 0.3 is 24.1 Å². The second kappa shape index (κ2) is 18.4. The number of carbonyl (C=O) groups excluding carboxylic acids is 3. The van der Waals surface area contributed by atoms with Crippen molar-refractivity contribution in [2.45, 2.75) is 103 Å². The first-order chi connectivity index (χ1) is 24.2. The number of ether oxygens (including phenoxy) is 3. The summed E-state index contributed by atoms with van der Waals surface area (Å²) in [5.41, 5.74) is 1.66. The fraction of sp³-hybridized carbons (Fsp3) is 0.500. The number of para-hydroxylation sites is 4. The van der Waals surface area contributed by atoms with E-state index in [9.17, 15) is 19.2 Å². The van der Waals surface area contributed by atoms with E-state index in [4.69, 9.17) is 24.3 Å². The van der Waals surface area contributed by atoms with Crippen LogP contribution in [0.2, 0.25) is 0 Å². The lowest BCUT2D eigenvalue weighted by Crippen LogP contribution is -2.34. The maximum absolute atomic E-state index is 11.8. The molecular formula is C36H50N6O8S2. The highest BCUT2D eigenvalue weighted by molar-refractivity contribution is 7.99. The first kappa shape index (κ1) is 42.0. The van der Waals surface area contributed by atoms with Gasteiger partial charge in [-0.2, -0.15) is 0 Å². The third kappa shape index (κ3) is 14.3. The molecule has 2 amide bonds. The molecule has 0 saturated heterocycles. The van der Waals surface area contributed by atoms with Crippen molar-refractivity contribution in [1.29, 1.82) is 0 Å². The number of aromatic nitrogens is 4. The Morgan fingerprint density at radius 3 is 1.54 bits per heavy atom. The van der Waals surface area contributed by atoms with Crippen LogP contribution in [0.15, 0.2) is 58.8 Å². The highest BCUT2D eigenvalue weighted by Gasteiger charge is 2.25. The molecule has 0 atom stereocenters. The number of rotatable bonds is 13. The molecule has 284 valence electrons. The molecule has 2 aromatic carbocycles. The van der Waals surface area contributed by atoms with E-state index in [1.165, 1.54) is 30.4 Å². The summed E-state index contributed by atoms with van der Waals surface area (Å²) < 4.78 is 19.6. The van der Waals surface area contributed by atoms with Crippen molar-refractivity contribution in [3.63, 3.8) is 0 Å². The maximum Gasteiger partial charge on any atom is 0.407 e. The van der Waals surface area contributed by atoms with Gasteiger partial charge in [0.2, 0.25) is 0 Å². The highest BCUT2D eigenvalue weighted by atomic mass is 32.2. The summed E-state index contributed by atoms with van der Waals surface area (Å²) in [6, 6.07) is 15.2. The van der Waals surface area contributed by atoms with Gasteiger partial charge < -0.3 is 39.1 Å². The van der Waals surface area contributed by atoms with E-state index >= 15 is 0 Å². The van der Waals surface area contributed by atoms with Crippen LogP contribution in [0.4, 0.5) is 9.59 Å². The Balaban J connectivity index is 0.000000284. The summed E-state index contributed by atoms with van der Waals surface area (Å²) in [5.74, 6) is -0.0456. The van der Waals surface area contributed by atoms with Gasteiger partial charge in [0.1, 0.15) is 23.3 Å². The minimum absolute atomic E-state index is 0.150. The minimum atomic E-state index is -0.924. The lowest BCUT2D eigenvalue weighted by molar-refractivity contribution is -0.154. The Labute approximate surface area is 312 Å². The first-order valence-corrected chi connectivity index (χ1v) is 18.7. The largest absolute Gasteiger partial charge is 0.480 e. The minimum Gasteiger partial charge on any atom is -0.480 e. The molecule has 16 heteroatoms. The zero-order chi connectivity index (χ0) is 38.7. The number of esters is 1. The Kier molecular flexibility index (Phi) is 14.8. The number of carbonyl (C=O) groups is 4. The molecule has 0 saturated carbocycles. The standard InChI is InChI=1S/C20H29N3O4S.C16H21N3O4S/c1-14(24)26-20(5,6)13-23-16-10-8-7-9-15(16)22-17(23)28-12-11-21-18(25)27-19(2,3)4;1-16(2,3)23-15(22)17-8-9-24-14-18-11-6-4-5-7-12(11)19(14)10-13(20)21/h7-10H,11-13H2,1-6H3,(H,21,25);4-7H,8-10H2,1-3H3,(H,17,22)(H,20,21). The molecule has 4 aromatic rings. The van der Waals surface area contributed by atoms with Gasteiger partial charge in [-0.15, -0.1) is 0 Å². The molecule has 0 unspecified atom stereocenters. The van der Waals surface area contributed by atoms with E-state index in [-0.39, 0.29) is 12.5 Å². The van der Waals surface area contributed by atoms with Crippen molar-refractivity contribution in [3.8, 4) is 0 Å². The fourth-order valence-corrected chi connectivity index (χ4v) is 6.53. The number of carboxylic acid groups (broad SMARTS) is 1. The van der Waals surface area contributed by atoms with E-state index in [2.05, 4.69) is 20.2 Å². The quantitative estimate of drug-likeness (QED) is 0.0568. The van der Waals surface area contributed by atoms with Crippen molar-refractivity contribution in [3.05, 3.63) is 48.5 Å². The molecule has 0 aliphatic rings. The lowest BCUT2D eigenvalue weighted by Gasteiger charge is -2.26. The molecule has 14 nitrogen and oxygen atoms in total. The molecule has 0 bridgehead atoms. The van der Waals surface area contributed by atoms with Crippen molar-refractivity contribution >= 4 is 69.7 Å². The second-order valence-corrected chi connectivity index (χ2v) is 16.4. The van der Waals surface area contributed by atoms with Gasteiger partial charge in [0.05, 0.1) is 28.6 Å². The Morgan fingerprint density at radius 1 is 0.692 bits per heavy atom. The summed E-state index contributed by atoms with van der Waals surface area (Å²) in [4.78, 5) is 55.0. The van der Waals surface area contributed by atoms with Crippen LogP contribution in [0.25, 0.3) is 22.1 Å². The maximum atomic E-state index is 11.8. The van der Waals surface area contributed by atoms with E-state index in [0.717, 1.165) is 27.2 Å². The van der Waals surface area contributed by atoms with Crippen molar-refractivity contribution < 1.29 is 38.5 Å². The highest BCUT2D eigenvalue weighted by Crippen LogP contribution is 2.27. The Hall–Kier alpha value is -4.44. The van der Waals surface area contributed by atoms with Crippen molar-refractivity contribution in [2.75, 3.05) is 24.6 Å². The molecule has 0 spiro atoms. The molecule has 0 fully saturated rings. The molecule has 0 aliphatic heterocycles. The molecule has 2 aromatic heterocycles. The van der Waals surface area contributed by atoms with Gasteiger partial charge in [-0.3, -0.25) is 9.59 Å². The van der Waals surface area contributed by atoms with Crippen LogP contribution < -0.4 is 10.6 Å². The monoisotopic (exact) mass is 758 g/mol. The van der Waals surface area contributed by atoms with Crippen LogP contribution >= 0.6 is 23.5 Å². The third-order valence-electron chi connectivity index (χ3n) is 6.49. The summed E-state index contributed by atoms with van der Waals surface area (Å²) in [7, 11) is 0. The second-order valence-electron chi connectivity index (χ2n) is 14.2. The van der Waals surface area contributed by atoms with Gasteiger partial charge in [-0.05, 0) is 79.7 Å². The van der Waals surface area contributed by atoms with E-state index < -0.39 is 35.0 Å². The zero-order valence-corrected chi connectivity index (χ0v) is 32.9. The number of thioether (sulfide) groups is 2. The average Bonchev–Trinajstić information content (AvgIpc) is 3.52. The number of aliphatic carboxylic acids is 1. The van der Waals surface area contributed by atoms with E-state index in [1.807, 2.05) is 83.1 Å². The van der Waals surface area contributed by atoms with Gasteiger partial charge in [-0.25, -0.2) is 19.6 Å². The van der Waals surface area contributed by atoms with Crippen molar-refractivity contribution in [1.82, 2.24) is 29.7 Å². The van der Waals surface area contributed by atoms with Crippen molar-refractivity contribution in [2.24, 2.45) is 0 Å². The summed E-state index contributed by atoms with van der Waals surface area (Å²) >= 11 is 2.93. The predicted octanol–water partition coefficient (Wildman–Crippen LogP) is 6.73. The van der Waals surface area contributed by atoms with E-state index in [1.54, 1.807) is 25.3 Å². The van der Waals surface area contributed by atoms with Crippen LogP contribution in [0.5, 0.6) is 0 Å². The number of amides is 2. The summed E-state index contributed by atoms with van der Waals surface area (Å²) in [5, 5.41) is 15.9. The van der Waals surface area contributed by atoms with Gasteiger partial charge in [0.15, 0.2) is 10.3 Å². The number of imidazole rings is 2. The van der Waals surface area contributed by atoms with Crippen LogP contribution in [-0.4, -0.2) is 89.7 Å². The molecule has 4 rings (SSSR count). The third-order valence-corrected chi connectivity index (χ3v) is 8.45. The lowest BCUT2D eigenvalue weighted by atomic mass is 10.1. The molecule has 52 heavy (non-hydrogen) atoms. The molecule has 0 radical (unpaired) electrons. The number of hydrogen-bond donors (Lipinski definition) is 3. The van der Waals surface area contributed by atoms with Gasteiger partial charge in [0.25, 0.3) is 0 Å². The number of hydrogen-bond acceptors (Lipinski definition) is 11. The molecule has 0 aliphatic carbocycles. The molecule has 3 N–H and O–H groups in total.